The van der Waals surface area contributed by atoms with Crippen LogP contribution in [-0.2, 0) is 6.54 Å². The Balaban J connectivity index is 1.65. The first kappa shape index (κ1) is 18.6. The van der Waals surface area contributed by atoms with E-state index in [0.717, 1.165) is 5.56 Å². The van der Waals surface area contributed by atoms with Crippen LogP contribution in [0, 0.1) is 0 Å². The van der Waals surface area contributed by atoms with Crippen molar-refractivity contribution in [3.8, 4) is 11.5 Å². The summed E-state index contributed by atoms with van der Waals surface area (Å²) in [5.74, 6) is 1.14. The van der Waals surface area contributed by atoms with Crippen molar-refractivity contribution in [2.75, 3.05) is 24.9 Å². The van der Waals surface area contributed by atoms with Crippen LogP contribution in [0.4, 0.5) is 16.2 Å². The molecule has 0 unspecified atom stereocenters. The molecular formula is C19H19ClN4O3. The third-order valence-electron chi connectivity index (χ3n) is 3.84. The van der Waals surface area contributed by atoms with Crippen LogP contribution in [0.5, 0.6) is 11.5 Å². The molecule has 2 N–H and O–H groups in total. The Morgan fingerprint density at radius 1 is 1.15 bits per heavy atom. The highest BCUT2D eigenvalue weighted by molar-refractivity contribution is 6.31. The van der Waals surface area contributed by atoms with Crippen molar-refractivity contribution in [1.82, 2.24) is 9.78 Å². The molecule has 7 nitrogen and oxygen atoms in total. The van der Waals surface area contributed by atoms with Crippen LogP contribution in [0.3, 0.4) is 0 Å². The topological polar surface area (TPSA) is 77.4 Å². The van der Waals surface area contributed by atoms with Crippen LogP contribution in [0.15, 0.2) is 54.9 Å². The van der Waals surface area contributed by atoms with Gasteiger partial charge in [-0.25, -0.2) is 4.79 Å². The lowest BCUT2D eigenvalue weighted by Crippen LogP contribution is -2.19. The number of halogens is 1. The number of hydrogen-bond donors (Lipinski definition) is 2. The second-order valence-electron chi connectivity index (χ2n) is 5.66. The molecule has 2 aromatic carbocycles. The summed E-state index contributed by atoms with van der Waals surface area (Å²) < 4.78 is 12.1. The summed E-state index contributed by atoms with van der Waals surface area (Å²) >= 11 is 6.17. The van der Waals surface area contributed by atoms with E-state index in [0.29, 0.717) is 34.4 Å². The lowest BCUT2D eigenvalue weighted by molar-refractivity contribution is 0.262. The summed E-state index contributed by atoms with van der Waals surface area (Å²) in [6, 6.07) is 12.3. The van der Waals surface area contributed by atoms with Gasteiger partial charge in [-0.3, -0.25) is 4.68 Å². The van der Waals surface area contributed by atoms with Crippen molar-refractivity contribution in [2.45, 2.75) is 6.54 Å². The number of hydrogen-bond acceptors (Lipinski definition) is 4. The largest absolute Gasteiger partial charge is 0.497 e. The minimum atomic E-state index is -0.418. The average Bonchev–Trinajstić information content (AvgIpc) is 3.10. The molecule has 0 aliphatic heterocycles. The average molecular weight is 387 g/mol. The third kappa shape index (κ3) is 4.71. The molecule has 1 aromatic heterocycles. The fourth-order valence-corrected chi connectivity index (χ4v) is 2.71. The minimum absolute atomic E-state index is 0.418. The Bertz CT molecular complexity index is 942. The molecule has 0 aliphatic carbocycles. The van der Waals surface area contributed by atoms with E-state index in [4.69, 9.17) is 21.1 Å². The SMILES string of the molecule is COc1ccc(OC)c(NC(=O)Nc2cnn(Cc3ccccc3Cl)c2)c1. The predicted molar refractivity (Wildman–Crippen MR) is 105 cm³/mol. The number of ether oxygens (including phenoxy) is 2. The summed E-state index contributed by atoms with van der Waals surface area (Å²) in [4.78, 5) is 12.3. The molecule has 27 heavy (non-hydrogen) atoms. The lowest BCUT2D eigenvalue weighted by Gasteiger charge is -2.12. The number of rotatable bonds is 6. The van der Waals surface area contributed by atoms with Crippen molar-refractivity contribution in [2.24, 2.45) is 0 Å². The maximum absolute atomic E-state index is 12.3. The van der Waals surface area contributed by atoms with Gasteiger partial charge in [-0.05, 0) is 23.8 Å². The molecule has 3 aromatic rings. The summed E-state index contributed by atoms with van der Waals surface area (Å²) in [7, 11) is 3.09. The van der Waals surface area contributed by atoms with Crippen LogP contribution in [0.1, 0.15) is 5.56 Å². The van der Waals surface area contributed by atoms with Crippen LogP contribution in [-0.4, -0.2) is 30.0 Å². The van der Waals surface area contributed by atoms with Gasteiger partial charge in [0.2, 0.25) is 0 Å². The fraction of sp³-hybridized carbons (Fsp3) is 0.158. The highest BCUT2D eigenvalue weighted by Crippen LogP contribution is 2.29. The van der Waals surface area contributed by atoms with Gasteiger partial charge < -0.3 is 20.1 Å². The molecule has 0 aliphatic rings. The van der Waals surface area contributed by atoms with E-state index < -0.39 is 6.03 Å². The number of urea groups is 1. The van der Waals surface area contributed by atoms with E-state index in [2.05, 4.69) is 15.7 Å². The van der Waals surface area contributed by atoms with Crippen LogP contribution in [0.25, 0.3) is 0 Å². The molecule has 0 fully saturated rings. The van der Waals surface area contributed by atoms with Gasteiger partial charge in [0.25, 0.3) is 0 Å². The summed E-state index contributed by atoms with van der Waals surface area (Å²) in [6.07, 6.45) is 3.30. The summed E-state index contributed by atoms with van der Waals surface area (Å²) in [6.45, 7) is 0.507. The van der Waals surface area contributed by atoms with E-state index in [1.807, 2.05) is 24.3 Å². The Kier molecular flexibility index (Phi) is 5.83. The smallest absolute Gasteiger partial charge is 0.323 e. The van der Waals surface area contributed by atoms with Crippen molar-refractivity contribution < 1.29 is 14.3 Å². The van der Waals surface area contributed by atoms with Gasteiger partial charge in [-0.1, -0.05) is 29.8 Å². The number of benzene rings is 2. The van der Waals surface area contributed by atoms with Gasteiger partial charge in [0, 0.05) is 17.3 Å². The molecule has 8 heteroatoms. The first-order valence-corrected chi connectivity index (χ1v) is 8.52. The molecule has 0 bridgehead atoms. The number of nitrogens with one attached hydrogen (secondary N) is 2. The van der Waals surface area contributed by atoms with Crippen molar-refractivity contribution >= 4 is 29.0 Å². The van der Waals surface area contributed by atoms with Crippen LogP contribution in [0.2, 0.25) is 5.02 Å². The van der Waals surface area contributed by atoms with Crippen molar-refractivity contribution in [3.63, 3.8) is 0 Å². The number of nitrogens with zero attached hydrogens (tertiary/aromatic N) is 2. The van der Waals surface area contributed by atoms with E-state index >= 15 is 0 Å². The molecular weight excluding hydrogens is 368 g/mol. The van der Waals surface area contributed by atoms with Gasteiger partial charge in [-0.15, -0.1) is 0 Å². The maximum Gasteiger partial charge on any atom is 0.323 e. The number of methoxy groups -OCH3 is 2. The second-order valence-corrected chi connectivity index (χ2v) is 6.07. The highest BCUT2D eigenvalue weighted by Gasteiger charge is 2.10. The number of aromatic nitrogens is 2. The van der Waals surface area contributed by atoms with Crippen LogP contribution >= 0.6 is 11.6 Å². The number of anilines is 2. The quantitative estimate of drug-likeness (QED) is 0.664. The lowest BCUT2D eigenvalue weighted by atomic mass is 10.2. The molecule has 3 rings (SSSR count). The van der Waals surface area contributed by atoms with Crippen molar-refractivity contribution in [1.29, 1.82) is 0 Å². The molecule has 2 amide bonds. The zero-order valence-electron chi connectivity index (χ0n) is 14.9. The maximum atomic E-state index is 12.3. The molecule has 0 saturated heterocycles. The monoisotopic (exact) mass is 386 g/mol. The zero-order chi connectivity index (χ0) is 19.2. The Labute approximate surface area is 161 Å². The van der Waals surface area contributed by atoms with Gasteiger partial charge in [0.05, 0.1) is 38.3 Å². The van der Waals surface area contributed by atoms with E-state index in [1.54, 1.807) is 42.4 Å². The predicted octanol–water partition coefficient (Wildman–Crippen LogP) is 4.25. The standard InChI is InChI=1S/C19H19ClN4O3/c1-26-15-7-8-18(27-2)17(9-15)23-19(25)22-14-10-21-24(12-14)11-13-5-3-4-6-16(13)20/h3-10,12H,11H2,1-2H3,(H2,22,23,25). The first-order valence-electron chi connectivity index (χ1n) is 8.15. The van der Waals surface area contributed by atoms with Gasteiger partial charge in [0.15, 0.2) is 0 Å². The molecule has 0 radical (unpaired) electrons. The molecule has 0 spiro atoms. The molecule has 0 atom stereocenters. The van der Waals surface area contributed by atoms with E-state index in [1.165, 1.54) is 7.11 Å². The normalized spacial score (nSPS) is 10.3. The fourth-order valence-electron chi connectivity index (χ4n) is 2.51. The Morgan fingerprint density at radius 3 is 2.70 bits per heavy atom. The van der Waals surface area contributed by atoms with Gasteiger partial charge >= 0.3 is 6.03 Å². The van der Waals surface area contributed by atoms with Crippen molar-refractivity contribution in [3.05, 3.63) is 65.4 Å². The second kappa shape index (κ2) is 8.46. The molecule has 0 saturated carbocycles. The van der Waals surface area contributed by atoms with Gasteiger partial charge in [-0.2, -0.15) is 5.10 Å². The molecule has 1 heterocycles. The minimum Gasteiger partial charge on any atom is -0.497 e. The van der Waals surface area contributed by atoms with E-state index in [-0.39, 0.29) is 0 Å². The zero-order valence-corrected chi connectivity index (χ0v) is 15.7. The Morgan fingerprint density at radius 2 is 1.96 bits per heavy atom. The van der Waals surface area contributed by atoms with Crippen LogP contribution < -0.4 is 20.1 Å². The summed E-state index contributed by atoms with van der Waals surface area (Å²) in [5, 5.41) is 10.4. The number of carbonyl (C=O) groups is 1. The highest BCUT2D eigenvalue weighted by atomic mass is 35.5. The first-order chi connectivity index (χ1) is 13.1. The third-order valence-corrected chi connectivity index (χ3v) is 4.20. The van der Waals surface area contributed by atoms with Gasteiger partial charge in [0.1, 0.15) is 11.5 Å². The number of amides is 2. The number of carbonyl (C=O) groups excluding carboxylic acids is 1. The molecule has 140 valence electrons. The van der Waals surface area contributed by atoms with E-state index in [9.17, 15) is 4.79 Å². The summed E-state index contributed by atoms with van der Waals surface area (Å²) in [5.41, 5.74) is 2.00. The Hall–Kier alpha value is -3.19.